The van der Waals surface area contributed by atoms with Gasteiger partial charge in [-0.25, -0.2) is 14.5 Å². The number of nitrogens with zero attached hydrogens (tertiary/aromatic N) is 3. The summed E-state index contributed by atoms with van der Waals surface area (Å²) < 4.78 is 1.76. The molecule has 2 amide bonds. The van der Waals surface area contributed by atoms with Crippen molar-refractivity contribution < 1.29 is 9.90 Å². The first kappa shape index (κ1) is 16.4. The van der Waals surface area contributed by atoms with E-state index in [1.54, 1.807) is 23.0 Å². The summed E-state index contributed by atoms with van der Waals surface area (Å²) in [5, 5.41) is 19.5. The maximum Gasteiger partial charge on any atom is 0.319 e. The molecule has 1 atom stereocenters. The van der Waals surface area contributed by atoms with Gasteiger partial charge in [-0.15, -0.1) is 0 Å². The lowest BCUT2D eigenvalue weighted by atomic mass is 9.97. The zero-order chi connectivity index (χ0) is 17.3. The topological polar surface area (TPSA) is 92.1 Å². The van der Waals surface area contributed by atoms with Crippen molar-refractivity contribution in [1.82, 2.24) is 20.1 Å². The largest absolute Gasteiger partial charge is 0.394 e. The van der Waals surface area contributed by atoms with Gasteiger partial charge >= 0.3 is 6.03 Å². The third-order valence-electron chi connectivity index (χ3n) is 4.44. The summed E-state index contributed by atoms with van der Waals surface area (Å²) >= 11 is 0. The number of hydrogen-bond acceptors (Lipinski definition) is 4. The maximum absolute atomic E-state index is 12.2. The lowest BCUT2D eigenvalue weighted by Gasteiger charge is -2.28. The Kier molecular flexibility index (Phi) is 4.28. The van der Waals surface area contributed by atoms with E-state index in [9.17, 15) is 9.90 Å². The summed E-state index contributed by atoms with van der Waals surface area (Å²) in [6, 6.07) is 5.24. The van der Waals surface area contributed by atoms with Crippen LogP contribution in [0.15, 0.2) is 24.4 Å². The molecule has 0 saturated heterocycles. The molecule has 1 fully saturated rings. The Morgan fingerprint density at radius 2 is 2.17 bits per heavy atom. The number of carbonyl (C=O) groups excluding carboxylic acids is 1. The molecule has 0 aliphatic heterocycles. The summed E-state index contributed by atoms with van der Waals surface area (Å²) in [5.41, 5.74) is 1.95. The third-order valence-corrected chi connectivity index (χ3v) is 4.44. The highest BCUT2D eigenvalue weighted by molar-refractivity contribution is 5.89. The molecule has 2 aromatic rings. The molecule has 128 valence electrons. The van der Waals surface area contributed by atoms with Crippen molar-refractivity contribution in [2.45, 2.75) is 39.2 Å². The van der Waals surface area contributed by atoms with E-state index >= 15 is 0 Å². The van der Waals surface area contributed by atoms with Crippen LogP contribution < -0.4 is 10.6 Å². The molecular weight excluding hydrogens is 306 g/mol. The fourth-order valence-electron chi connectivity index (χ4n) is 2.86. The molecule has 0 bridgehead atoms. The lowest BCUT2D eigenvalue weighted by Crippen LogP contribution is -2.52. The summed E-state index contributed by atoms with van der Waals surface area (Å²) in [6.45, 7) is 5.70. The smallest absolute Gasteiger partial charge is 0.319 e. The van der Waals surface area contributed by atoms with E-state index < -0.39 is 5.54 Å². The first-order valence-electron chi connectivity index (χ1n) is 8.11. The number of aliphatic hydroxyl groups is 1. The van der Waals surface area contributed by atoms with Gasteiger partial charge in [-0.1, -0.05) is 0 Å². The highest BCUT2D eigenvalue weighted by Crippen LogP contribution is 2.39. The van der Waals surface area contributed by atoms with E-state index in [4.69, 9.17) is 0 Å². The Hall–Kier alpha value is -2.41. The quantitative estimate of drug-likeness (QED) is 0.784. The average Bonchev–Trinajstić information content (AvgIpc) is 3.34. The Balaban J connectivity index is 1.65. The van der Waals surface area contributed by atoms with Crippen LogP contribution in [0, 0.1) is 19.8 Å². The fraction of sp³-hybridized carbons (Fsp3) is 0.471. The van der Waals surface area contributed by atoms with Gasteiger partial charge in [-0.05, 0) is 57.7 Å². The second kappa shape index (κ2) is 6.24. The number of aryl methyl sites for hydroxylation is 2. The molecule has 1 aliphatic carbocycles. The molecule has 1 aliphatic rings. The van der Waals surface area contributed by atoms with Crippen LogP contribution in [0.5, 0.6) is 0 Å². The second-order valence-electron chi connectivity index (χ2n) is 6.67. The molecule has 3 N–H and O–H groups in total. The highest BCUT2D eigenvalue weighted by atomic mass is 16.3. The summed E-state index contributed by atoms with van der Waals surface area (Å²) in [6.07, 6.45) is 3.67. The molecule has 3 rings (SSSR count). The molecule has 0 spiro atoms. The van der Waals surface area contributed by atoms with E-state index in [2.05, 4.69) is 20.7 Å². The molecule has 2 aromatic heterocycles. The molecule has 7 nitrogen and oxygen atoms in total. The number of pyridine rings is 1. The molecule has 1 saturated carbocycles. The van der Waals surface area contributed by atoms with Crippen LogP contribution in [0.4, 0.5) is 10.5 Å². The van der Waals surface area contributed by atoms with Crippen LogP contribution in [0.2, 0.25) is 0 Å². The molecule has 7 heteroatoms. The lowest BCUT2D eigenvalue weighted by molar-refractivity contribution is 0.159. The minimum atomic E-state index is -0.568. The number of carbonyl (C=O) groups is 1. The summed E-state index contributed by atoms with van der Waals surface area (Å²) in [4.78, 5) is 16.5. The van der Waals surface area contributed by atoms with E-state index in [0.717, 1.165) is 24.2 Å². The zero-order valence-electron chi connectivity index (χ0n) is 14.2. The number of hydrogen-bond donors (Lipinski definition) is 3. The van der Waals surface area contributed by atoms with Crippen LogP contribution in [0.25, 0.3) is 5.82 Å². The highest BCUT2D eigenvalue weighted by Gasteiger charge is 2.42. The van der Waals surface area contributed by atoms with E-state index in [-0.39, 0.29) is 12.6 Å². The van der Waals surface area contributed by atoms with Crippen molar-refractivity contribution in [3.8, 4) is 5.82 Å². The molecule has 24 heavy (non-hydrogen) atoms. The van der Waals surface area contributed by atoms with Gasteiger partial charge in [0.05, 0.1) is 29.7 Å². The van der Waals surface area contributed by atoms with Crippen LogP contribution in [0.1, 0.15) is 31.2 Å². The maximum atomic E-state index is 12.2. The number of urea groups is 1. The Morgan fingerprint density at radius 3 is 2.67 bits per heavy atom. The van der Waals surface area contributed by atoms with Gasteiger partial charge in [-0.3, -0.25) is 0 Å². The zero-order valence-corrected chi connectivity index (χ0v) is 14.2. The van der Waals surface area contributed by atoms with Gasteiger partial charge in [0.2, 0.25) is 0 Å². The third kappa shape index (κ3) is 3.41. The Labute approximate surface area is 141 Å². The Morgan fingerprint density at radius 1 is 1.42 bits per heavy atom. The van der Waals surface area contributed by atoms with Gasteiger partial charge in [0, 0.05) is 5.69 Å². The minimum Gasteiger partial charge on any atom is -0.394 e. The Bertz CT molecular complexity index is 736. The number of rotatable bonds is 5. The fourth-order valence-corrected chi connectivity index (χ4v) is 2.86. The average molecular weight is 329 g/mol. The predicted molar refractivity (Wildman–Crippen MR) is 91.2 cm³/mol. The van der Waals surface area contributed by atoms with Crippen molar-refractivity contribution in [2.24, 2.45) is 5.92 Å². The van der Waals surface area contributed by atoms with Gasteiger partial charge in [0.15, 0.2) is 5.82 Å². The second-order valence-corrected chi connectivity index (χ2v) is 6.67. The standard InChI is InChI=1S/C17H23N5O2/c1-11-8-12(2)22(21-11)15-7-6-14(9-18-15)19-16(24)20-17(3,10-23)13-4-5-13/h6-9,13,23H,4-5,10H2,1-3H3,(H2,19,20,24). The summed E-state index contributed by atoms with van der Waals surface area (Å²) in [5.74, 6) is 1.05. The van der Waals surface area contributed by atoms with Crippen LogP contribution in [0.3, 0.4) is 0 Å². The van der Waals surface area contributed by atoms with Gasteiger partial charge < -0.3 is 15.7 Å². The molecule has 0 aromatic carbocycles. The first-order valence-corrected chi connectivity index (χ1v) is 8.11. The minimum absolute atomic E-state index is 0.0692. The van der Waals surface area contributed by atoms with Crippen molar-refractivity contribution in [2.75, 3.05) is 11.9 Å². The van der Waals surface area contributed by atoms with Crippen molar-refractivity contribution >= 4 is 11.7 Å². The molecule has 1 unspecified atom stereocenters. The number of amides is 2. The monoisotopic (exact) mass is 329 g/mol. The first-order chi connectivity index (χ1) is 11.4. The SMILES string of the molecule is Cc1cc(C)n(-c2ccc(NC(=O)NC(C)(CO)C3CC3)cn2)n1. The van der Waals surface area contributed by atoms with Crippen LogP contribution >= 0.6 is 0 Å². The van der Waals surface area contributed by atoms with E-state index in [0.29, 0.717) is 17.4 Å². The number of anilines is 1. The van der Waals surface area contributed by atoms with Gasteiger partial charge in [0.25, 0.3) is 0 Å². The number of nitrogens with one attached hydrogen (secondary N) is 2. The van der Waals surface area contributed by atoms with Gasteiger partial charge in [0.1, 0.15) is 0 Å². The van der Waals surface area contributed by atoms with Crippen LogP contribution in [-0.4, -0.2) is 38.0 Å². The van der Waals surface area contributed by atoms with E-state index in [1.807, 2.05) is 26.8 Å². The number of aliphatic hydroxyl groups excluding tert-OH is 1. The molecule has 2 heterocycles. The predicted octanol–water partition coefficient (Wildman–Crippen LogP) is 2.17. The molecule has 0 radical (unpaired) electrons. The van der Waals surface area contributed by atoms with E-state index in [1.165, 1.54) is 0 Å². The van der Waals surface area contributed by atoms with Crippen LogP contribution in [-0.2, 0) is 0 Å². The van der Waals surface area contributed by atoms with Crippen molar-refractivity contribution in [3.05, 3.63) is 35.8 Å². The van der Waals surface area contributed by atoms with Gasteiger partial charge in [-0.2, -0.15) is 5.10 Å². The summed E-state index contributed by atoms with van der Waals surface area (Å²) in [7, 11) is 0. The van der Waals surface area contributed by atoms with Crippen molar-refractivity contribution in [1.29, 1.82) is 0 Å². The molecular formula is C17H23N5O2. The number of aromatic nitrogens is 3. The van der Waals surface area contributed by atoms with Crippen molar-refractivity contribution in [3.63, 3.8) is 0 Å². The normalized spacial score (nSPS) is 16.5.